The number of hydrogen-bond acceptors (Lipinski definition) is 4. The third-order valence-electron chi connectivity index (χ3n) is 3.52. The first-order chi connectivity index (χ1) is 9.94. The van der Waals surface area contributed by atoms with Crippen LogP contribution in [0.1, 0.15) is 40.5 Å². The molecule has 4 nitrogen and oxygen atoms in total. The lowest BCUT2D eigenvalue weighted by atomic mass is 9.82. The van der Waals surface area contributed by atoms with Crippen LogP contribution in [0, 0.1) is 6.92 Å². The van der Waals surface area contributed by atoms with Gasteiger partial charge in [-0.2, -0.15) is 0 Å². The summed E-state index contributed by atoms with van der Waals surface area (Å²) in [4.78, 5) is 16.3. The van der Waals surface area contributed by atoms with Crippen LogP contribution in [0.4, 0.5) is 0 Å². The van der Waals surface area contributed by atoms with E-state index in [0.29, 0.717) is 18.8 Å². The van der Waals surface area contributed by atoms with Gasteiger partial charge < -0.3 is 11.1 Å². The van der Waals surface area contributed by atoms with Gasteiger partial charge in [-0.25, -0.2) is 4.98 Å². The number of carbonyl (C=O) groups excluding carboxylic acids is 1. The Hall–Kier alpha value is -1.72. The summed E-state index contributed by atoms with van der Waals surface area (Å²) in [5.41, 5.74) is 8.30. The molecule has 1 aromatic heterocycles. The van der Waals surface area contributed by atoms with E-state index in [9.17, 15) is 4.79 Å². The molecule has 3 N–H and O–H groups in total. The highest BCUT2D eigenvalue weighted by Gasteiger charge is 2.23. The lowest BCUT2D eigenvalue weighted by molar-refractivity contribution is 0.0941. The van der Waals surface area contributed by atoms with Crippen LogP contribution < -0.4 is 11.1 Å². The molecule has 0 bridgehead atoms. The minimum atomic E-state index is -0.146. The summed E-state index contributed by atoms with van der Waals surface area (Å²) in [7, 11) is 0. The van der Waals surface area contributed by atoms with E-state index < -0.39 is 0 Å². The second kappa shape index (κ2) is 6.37. The highest BCUT2D eigenvalue weighted by molar-refractivity contribution is 7.09. The quantitative estimate of drug-likeness (QED) is 0.892. The van der Waals surface area contributed by atoms with Crippen molar-refractivity contribution in [3.63, 3.8) is 0 Å². The summed E-state index contributed by atoms with van der Waals surface area (Å²) in [6, 6.07) is 8.25. The molecule has 1 amide bonds. The van der Waals surface area contributed by atoms with Crippen molar-refractivity contribution in [2.45, 2.75) is 32.7 Å². The largest absolute Gasteiger partial charge is 0.350 e. The Balaban J connectivity index is 2.04. The number of nitrogens with zero attached hydrogens (tertiary/aromatic N) is 1. The molecule has 1 aromatic carbocycles. The summed E-state index contributed by atoms with van der Waals surface area (Å²) in [5, 5.41) is 5.49. The van der Waals surface area contributed by atoms with Gasteiger partial charge in [0.1, 0.15) is 10.7 Å². The van der Waals surface area contributed by atoms with E-state index in [4.69, 9.17) is 5.73 Å². The molecule has 0 aliphatic heterocycles. The lowest BCUT2D eigenvalue weighted by Crippen LogP contribution is -2.37. The molecule has 0 aliphatic rings. The normalized spacial score (nSPS) is 11.4. The van der Waals surface area contributed by atoms with Crippen LogP contribution in [-0.2, 0) is 12.0 Å². The van der Waals surface area contributed by atoms with Gasteiger partial charge in [0.05, 0.1) is 0 Å². The van der Waals surface area contributed by atoms with Crippen LogP contribution in [0.25, 0.3) is 0 Å². The number of nitrogens with two attached hydrogens (primary N) is 1. The minimum absolute atomic E-state index is 0.131. The van der Waals surface area contributed by atoms with Crippen molar-refractivity contribution in [3.05, 3.63) is 51.5 Å². The molecule has 2 aromatic rings. The van der Waals surface area contributed by atoms with Crippen LogP contribution >= 0.6 is 11.3 Å². The van der Waals surface area contributed by atoms with E-state index in [2.05, 4.69) is 43.2 Å². The minimum Gasteiger partial charge on any atom is -0.350 e. The number of rotatable bonds is 5. The molecule has 0 saturated heterocycles. The summed E-state index contributed by atoms with van der Waals surface area (Å²) in [6.45, 7) is 7.27. The second-order valence-corrected chi connectivity index (χ2v) is 6.65. The van der Waals surface area contributed by atoms with Crippen molar-refractivity contribution in [2.75, 3.05) is 6.54 Å². The molecule has 0 atom stereocenters. The molecule has 0 radical (unpaired) electrons. The Bertz CT molecular complexity index is 634. The summed E-state index contributed by atoms with van der Waals surface area (Å²) in [6.07, 6.45) is 0. The molecule has 0 aliphatic carbocycles. The maximum Gasteiger partial charge on any atom is 0.270 e. The van der Waals surface area contributed by atoms with Gasteiger partial charge >= 0.3 is 0 Å². The average molecular weight is 303 g/mol. The van der Waals surface area contributed by atoms with Gasteiger partial charge in [0.2, 0.25) is 0 Å². The standard InChI is InChI=1S/C16H21N3OS/c1-11-6-4-5-7-12(11)16(2,3)10-18-15(20)13-9-21-14(8-17)19-13/h4-7,9H,8,10,17H2,1-3H3,(H,18,20). The van der Waals surface area contributed by atoms with Crippen LogP contribution in [0.2, 0.25) is 0 Å². The Morgan fingerprint density at radius 2 is 2.10 bits per heavy atom. The van der Waals surface area contributed by atoms with Crippen LogP contribution in [-0.4, -0.2) is 17.4 Å². The molecule has 0 fully saturated rings. The Labute approximate surface area is 129 Å². The molecule has 0 spiro atoms. The van der Waals surface area contributed by atoms with E-state index in [0.717, 1.165) is 5.01 Å². The number of aromatic nitrogens is 1. The zero-order valence-electron chi connectivity index (χ0n) is 12.6. The van der Waals surface area contributed by atoms with Gasteiger partial charge in [-0.3, -0.25) is 4.79 Å². The van der Waals surface area contributed by atoms with Crippen LogP contribution in [0.15, 0.2) is 29.6 Å². The first-order valence-corrected chi connectivity index (χ1v) is 7.81. The van der Waals surface area contributed by atoms with Crippen molar-refractivity contribution in [1.82, 2.24) is 10.3 Å². The van der Waals surface area contributed by atoms with Crippen molar-refractivity contribution >= 4 is 17.2 Å². The van der Waals surface area contributed by atoms with E-state index >= 15 is 0 Å². The lowest BCUT2D eigenvalue weighted by Gasteiger charge is -2.27. The Kier molecular flexibility index (Phi) is 4.75. The fourth-order valence-electron chi connectivity index (χ4n) is 2.33. The van der Waals surface area contributed by atoms with Crippen molar-refractivity contribution in [3.8, 4) is 0 Å². The molecule has 1 heterocycles. The van der Waals surface area contributed by atoms with Crippen molar-refractivity contribution in [1.29, 1.82) is 0 Å². The maximum atomic E-state index is 12.1. The van der Waals surface area contributed by atoms with E-state index in [1.54, 1.807) is 5.38 Å². The summed E-state index contributed by atoms with van der Waals surface area (Å²) >= 11 is 1.41. The molecule has 5 heteroatoms. The third kappa shape index (κ3) is 3.68. The molecule has 112 valence electrons. The zero-order valence-corrected chi connectivity index (χ0v) is 13.5. The monoisotopic (exact) mass is 303 g/mol. The zero-order chi connectivity index (χ0) is 15.5. The molecule has 0 unspecified atom stereocenters. The number of thiazole rings is 1. The number of aryl methyl sites for hydroxylation is 1. The Morgan fingerprint density at radius 1 is 1.38 bits per heavy atom. The topological polar surface area (TPSA) is 68.0 Å². The number of benzene rings is 1. The molecular formula is C16H21N3OS. The van der Waals surface area contributed by atoms with E-state index in [1.165, 1.54) is 22.5 Å². The summed E-state index contributed by atoms with van der Waals surface area (Å²) < 4.78 is 0. The second-order valence-electron chi connectivity index (χ2n) is 5.71. The maximum absolute atomic E-state index is 12.1. The predicted octanol–water partition coefficient (Wildman–Crippen LogP) is 2.62. The van der Waals surface area contributed by atoms with Gasteiger partial charge in [-0.15, -0.1) is 11.3 Å². The van der Waals surface area contributed by atoms with E-state index in [1.807, 2.05) is 12.1 Å². The van der Waals surface area contributed by atoms with Crippen LogP contribution in [0.5, 0.6) is 0 Å². The SMILES string of the molecule is Cc1ccccc1C(C)(C)CNC(=O)c1csc(CN)n1. The smallest absolute Gasteiger partial charge is 0.270 e. The van der Waals surface area contributed by atoms with E-state index in [-0.39, 0.29) is 11.3 Å². The average Bonchev–Trinajstić information content (AvgIpc) is 2.94. The first kappa shape index (κ1) is 15.7. The van der Waals surface area contributed by atoms with Gasteiger partial charge in [-0.05, 0) is 18.1 Å². The molecule has 21 heavy (non-hydrogen) atoms. The molecule has 0 saturated carbocycles. The van der Waals surface area contributed by atoms with Gasteiger partial charge in [0.15, 0.2) is 0 Å². The first-order valence-electron chi connectivity index (χ1n) is 6.93. The fourth-order valence-corrected chi connectivity index (χ4v) is 2.98. The highest BCUT2D eigenvalue weighted by atomic mass is 32.1. The Morgan fingerprint density at radius 3 is 2.71 bits per heavy atom. The molecule has 2 rings (SSSR count). The number of carbonyl (C=O) groups is 1. The number of hydrogen-bond donors (Lipinski definition) is 2. The van der Waals surface area contributed by atoms with Crippen molar-refractivity contribution in [2.24, 2.45) is 5.73 Å². The third-order valence-corrected chi connectivity index (χ3v) is 4.40. The molecular weight excluding hydrogens is 282 g/mol. The van der Waals surface area contributed by atoms with Gasteiger partial charge in [-0.1, -0.05) is 38.1 Å². The highest BCUT2D eigenvalue weighted by Crippen LogP contribution is 2.25. The van der Waals surface area contributed by atoms with Crippen LogP contribution in [0.3, 0.4) is 0 Å². The number of nitrogens with one attached hydrogen (secondary N) is 1. The summed E-state index contributed by atoms with van der Waals surface area (Å²) in [5.74, 6) is -0.146. The predicted molar refractivity (Wildman–Crippen MR) is 86.5 cm³/mol. The fraction of sp³-hybridized carbons (Fsp3) is 0.375. The van der Waals surface area contributed by atoms with Gasteiger partial charge in [0.25, 0.3) is 5.91 Å². The van der Waals surface area contributed by atoms with Crippen molar-refractivity contribution < 1.29 is 4.79 Å². The number of amides is 1. The van der Waals surface area contributed by atoms with Gasteiger partial charge in [0, 0.05) is 23.9 Å².